The first-order valence-corrected chi connectivity index (χ1v) is 6.52. The Hall–Kier alpha value is -1.36. The molecule has 0 aromatic heterocycles. The van der Waals surface area contributed by atoms with Crippen LogP contribution in [0.5, 0.6) is 0 Å². The van der Waals surface area contributed by atoms with Crippen molar-refractivity contribution in [2.24, 2.45) is 0 Å². The molecule has 0 bridgehead atoms. The van der Waals surface area contributed by atoms with Crippen LogP contribution in [0.3, 0.4) is 0 Å². The van der Waals surface area contributed by atoms with Gasteiger partial charge in [0.1, 0.15) is 5.82 Å². The summed E-state index contributed by atoms with van der Waals surface area (Å²) in [6.07, 6.45) is -0.842. The van der Waals surface area contributed by atoms with Gasteiger partial charge in [0.15, 0.2) is 0 Å². The van der Waals surface area contributed by atoms with Crippen LogP contribution in [0.25, 0.3) is 0 Å². The molecule has 1 N–H and O–H groups in total. The number of halogens is 4. The number of hydrogen-bond acceptors (Lipinski definition) is 1. The van der Waals surface area contributed by atoms with Gasteiger partial charge in [0, 0.05) is 0 Å². The molecule has 1 rings (SSSR count). The normalized spacial score (nSPS) is 13.2. The van der Waals surface area contributed by atoms with Crippen LogP contribution >= 0.6 is 0 Å². The van der Waals surface area contributed by atoms with E-state index in [1.54, 1.807) is 6.08 Å². The zero-order chi connectivity index (χ0) is 15.2. The quantitative estimate of drug-likeness (QED) is 0.425. The predicted octanol–water partition coefficient (Wildman–Crippen LogP) is 5.01. The molecule has 0 radical (unpaired) electrons. The van der Waals surface area contributed by atoms with Gasteiger partial charge in [0.05, 0.1) is 11.7 Å². The predicted molar refractivity (Wildman–Crippen MR) is 69.6 cm³/mol. The summed E-state index contributed by atoms with van der Waals surface area (Å²) in [5.41, 5.74) is -1.36. The maximum atomic E-state index is 13.1. The average molecular weight is 290 g/mol. The van der Waals surface area contributed by atoms with E-state index in [1.807, 2.05) is 0 Å². The van der Waals surface area contributed by atoms with E-state index in [-0.39, 0.29) is 12.0 Å². The number of unbranched alkanes of at least 4 members (excludes halogenated alkanes) is 3. The zero-order valence-corrected chi connectivity index (χ0v) is 11.1. The molecule has 0 aliphatic carbocycles. The summed E-state index contributed by atoms with van der Waals surface area (Å²) in [7, 11) is 0. The van der Waals surface area contributed by atoms with Crippen LogP contribution in [0, 0.1) is 5.82 Å². The Balaban J connectivity index is 2.73. The van der Waals surface area contributed by atoms with Crippen molar-refractivity contribution in [3.05, 3.63) is 47.8 Å². The van der Waals surface area contributed by atoms with Crippen molar-refractivity contribution < 1.29 is 22.7 Å². The highest BCUT2D eigenvalue weighted by Gasteiger charge is 2.35. The van der Waals surface area contributed by atoms with Crippen molar-refractivity contribution in [2.45, 2.75) is 44.4 Å². The Labute approximate surface area is 115 Å². The first-order valence-electron chi connectivity index (χ1n) is 6.52. The van der Waals surface area contributed by atoms with Crippen molar-refractivity contribution in [3.63, 3.8) is 0 Å². The first kappa shape index (κ1) is 16.7. The van der Waals surface area contributed by atoms with E-state index in [4.69, 9.17) is 0 Å². The molecule has 0 spiro atoms. The highest BCUT2D eigenvalue weighted by molar-refractivity contribution is 5.32. The van der Waals surface area contributed by atoms with E-state index in [0.717, 1.165) is 31.4 Å². The van der Waals surface area contributed by atoms with Gasteiger partial charge in [-0.2, -0.15) is 13.2 Å². The molecule has 0 aliphatic rings. The van der Waals surface area contributed by atoms with Crippen LogP contribution in [0.2, 0.25) is 0 Å². The molecular weight excluding hydrogens is 272 g/mol. The van der Waals surface area contributed by atoms with Crippen molar-refractivity contribution in [3.8, 4) is 0 Å². The maximum Gasteiger partial charge on any atom is 0.416 e. The molecule has 1 unspecified atom stereocenters. The summed E-state index contributed by atoms with van der Waals surface area (Å²) in [6, 6.07) is 2.19. The van der Waals surface area contributed by atoms with Crippen LogP contribution in [-0.4, -0.2) is 5.11 Å². The number of alkyl halides is 3. The summed E-state index contributed by atoms with van der Waals surface area (Å²) in [5.74, 6) is -0.779. The van der Waals surface area contributed by atoms with Gasteiger partial charge < -0.3 is 5.11 Å². The average Bonchev–Trinajstić information content (AvgIpc) is 2.36. The van der Waals surface area contributed by atoms with E-state index < -0.39 is 23.7 Å². The van der Waals surface area contributed by atoms with Crippen LogP contribution in [0.1, 0.15) is 49.3 Å². The Bertz CT molecular complexity index is 440. The molecule has 20 heavy (non-hydrogen) atoms. The molecule has 1 aromatic carbocycles. The Morgan fingerprint density at radius 1 is 1.20 bits per heavy atom. The molecular formula is C15H18F4O. The standard InChI is InChI=1S/C15H18F4O/c1-2-3-4-5-6-7-14(20)12-10-11(16)8-9-13(12)15(17,18)19/h2,8-10,14,20H,1,3-7H2. The summed E-state index contributed by atoms with van der Waals surface area (Å²) in [5, 5.41) is 9.86. The van der Waals surface area contributed by atoms with Crippen molar-refractivity contribution in [1.29, 1.82) is 0 Å². The van der Waals surface area contributed by atoms with Gasteiger partial charge in [-0.3, -0.25) is 0 Å². The van der Waals surface area contributed by atoms with Gasteiger partial charge >= 0.3 is 6.18 Å². The molecule has 1 atom stereocenters. The lowest BCUT2D eigenvalue weighted by molar-refractivity contribution is -0.139. The number of allylic oxidation sites excluding steroid dienone is 1. The second-order valence-electron chi connectivity index (χ2n) is 4.67. The van der Waals surface area contributed by atoms with Gasteiger partial charge in [0.2, 0.25) is 0 Å². The number of hydrogen-bond donors (Lipinski definition) is 1. The molecule has 0 aliphatic heterocycles. The van der Waals surface area contributed by atoms with Crippen LogP contribution in [0.4, 0.5) is 17.6 Å². The molecule has 1 nitrogen and oxygen atoms in total. The highest BCUT2D eigenvalue weighted by Crippen LogP contribution is 2.36. The minimum Gasteiger partial charge on any atom is -0.388 e. The minimum atomic E-state index is -4.59. The van der Waals surface area contributed by atoms with E-state index in [0.29, 0.717) is 12.5 Å². The number of benzene rings is 1. The third kappa shape index (κ3) is 4.96. The molecule has 112 valence electrons. The number of rotatable bonds is 7. The van der Waals surface area contributed by atoms with E-state index >= 15 is 0 Å². The van der Waals surface area contributed by atoms with Crippen molar-refractivity contribution >= 4 is 0 Å². The molecule has 0 fully saturated rings. The molecule has 0 amide bonds. The summed E-state index contributed by atoms with van der Waals surface area (Å²) >= 11 is 0. The van der Waals surface area contributed by atoms with Gasteiger partial charge in [-0.25, -0.2) is 4.39 Å². The van der Waals surface area contributed by atoms with Crippen molar-refractivity contribution in [2.75, 3.05) is 0 Å². The second kappa shape index (κ2) is 7.43. The molecule has 0 saturated carbocycles. The number of aliphatic hydroxyl groups is 1. The van der Waals surface area contributed by atoms with E-state index in [2.05, 4.69) is 6.58 Å². The smallest absolute Gasteiger partial charge is 0.388 e. The van der Waals surface area contributed by atoms with Crippen LogP contribution in [-0.2, 0) is 6.18 Å². The summed E-state index contributed by atoms with van der Waals surface area (Å²) in [4.78, 5) is 0. The zero-order valence-electron chi connectivity index (χ0n) is 11.1. The van der Waals surface area contributed by atoms with Gasteiger partial charge in [-0.05, 0) is 43.0 Å². The summed E-state index contributed by atoms with van der Waals surface area (Å²) < 4.78 is 51.4. The Morgan fingerprint density at radius 2 is 1.90 bits per heavy atom. The topological polar surface area (TPSA) is 20.2 Å². The monoisotopic (exact) mass is 290 g/mol. The minimum absolute atomic E-state index is 0.184. The van der Waals surface area contributed by atoms with Gasteiger partial charge in [0.25, 0.3) is 0 Å². The largest absolute Gasteiger partial charge is 0.416 e. The molecule has 1 aromatic rings. The first-order chi connectivity index (χ1) is 9.36. The third-order valence-electron chi connectivity index (χ3n) is 3.06. The van der Waals surface area contributed by atoms with E-state index in [1.165, 1.54) is 0 Å². The fourth-order valence-corrected chi connectivity index (χ4v) is 2.03. The Kier molecular flexibility index (Phi) is 6.20. The fourth-order valence-electron chi connectivity index (χ4n) is 2.03. The molecule has 5 heteroatoms. The Morgan fingerprint density at radius 3 is 2.50 bits per heavy atom. The lowest BCUT2D eigenvalue weighted by atomic mass is 9.97. The van der Waals surface area contributed by atoms with Crippen molar-refractivity contribution in [1.82, 2.24) is 0 Å². The number of aliphatic hydroxyl groups excluding tert-OH is 1. The van der Waals surface area contributed by atoms with Gasteiger partial charge in [-0.1, -0.05) is 18.9 Å². The summed E-state index contributed by atoms with van der Waals surface area (Å²) in [6.45, 7) is 3.57. The van der Waals surface area contributed by atoms with E-state index in [9.17, 15) is 22.7 Å². The maximum absolute atomic E-state index is 13.1. The SMILES string of the molecule is C=CCCCCCC(O)c1cc(F)ccc1C(F)(F)F. The molecule has 0 heterocycles. The van der Waals surface area contributed by atoms with Crippen LogP contribution < -0.4 is 0 Å². The fraction of sp³-hybridized carbons (Fsp3) is 0.467. The second-order valence-corrected chi connectivity index (χ2v) is 4.67. The lowest BCUT2D eigenvalue weighted by Gasteiger charge is -2.17. The van der Waals surface area contributed by atoms with Gasteiger partial charge in [-0.15, -0.1) is 6.58 Å². The molecule has 0 saturated heterocycles. The lowest BCUT2D eigenvalue weighted by Crippen LogP contribution is -2.12. The van der Waals surface area contributed by atoms with Crippen LogP contribution in [0.15, 0.2) is 30.9 Å². The third-order valence-corrected chi connectivity index (χ3v) is 3.06. The highest BCUT2D eigenvalue weighted by atomic mass is 19.4.